The summed E-state index contributed by atoms with van der Waals surface area (Å²) in [6, 6.07) is 3.86. The molecule has 0 aromatic carbocycles. The monoisotopic (exact) mass is 294 g/mol. The van der Waals surface area contributed by atoms with Crippen LogP contribution in [-0.4, -0.2) is 60.1 Å². The van der Waals surface area contributed by atoms with Gasteiger partial charge in [0.15, 0.2) is 0 Å². The maximum absolute atomic E-state index is 9.56. The van der Waals surface area contributed by atoms with E-state index in [-0.39, 0.29) is 0 Å². The van der Waals surface area contributed by atoms with E-state index in [0.717, 1.165) is 19.5 Å². The first kappa shape index (κ1) is 18.4. The minimum absolute atomic E-state index is 0.332. The quantitative estimate of drug-likeness (QED) is 0.817. The highest BCUT2D eigenvalue weighted by molar-refractivity contribution is 5.06. The highest BCUT2D eigenvalue weighted by Gasteiger charge is 2.32. The number of nitriles is 1. The van der Waals surface area contributed by atoms with Crippen molar-refractivity contribution in [3.8, 4) is 6.07 Å². The molecule has 1 aliphatic heterocycles. The summed E-state index contributed by atoms with van der Waals surface area (Å²) >= 11 is 0. The number of nitrogens with zero attached hydrogens (tertiary/aromatic N) is 3. The van der Waals surface area contributed by atoms with Crippen LogP contribution in [0.25, 0.3) is 0 Å². The first-order valence-electron chi connectivity index (χ1n) is 8.44. The van der Waals surface area contributed by atoms with Crippen LogP contribution in [0.4, 0.5) is 0 Å². The Hall–Kier alpha value is -0.630. The zero-order valence-electron chi connectivity index (χ0n) is 14.8. The lowest BCUT2D eigenvalue weighted by atomic mass is 9.92. The molecule has 1 N–H and O–H groups in total. The Morgan fingerprint density at radius 1 is 1.33 bits per heavy atom. The van der Waals surface area contributed by atoms with Gasteiger partial charge in [-0.2, -0.15) is 5.26 Å². The second-order valence-corrected chi connectivity index (χ2v) is 7.21. The van der Waals surface area contributed by atoms with Crippen LogP contribution >= 0.6 is 0 Å². The SMILES string of the molecule is CCC1CN(C)CCCN1C(C)CC(C)(C#N)NC(C)C. The molecule has 0 amide bonds. The highest BCUT2D eigenvalue weighted by atomic mass is 15.2. The number of nitrogens with one attached hydrogen (secondary N) is 1. The van der Waals surface area contributed by atoms with Gasteiger partial charge >= 0.3 is 0 Å². The van der Waals surface area contributed by atoms with Crippen molar-refractivity contribution in [3.05, 3.63) is 0 Å². The van der Waals surface area contributed by atoms with Gasteiger partial charge in [-0.1, -0.05) is 6.92 Å². The topological polar surface area (TPSA) is 42.3 Å². The highest BCUT2D eigenvalue weighted by Crippen LogP contribution is 2.22. The third kappa shape index (κ3) is 5.58. The molecule has 122 valence electrons. The molecular weight excluding hydrogens is 260 g/mol. The molecule has 0 spiro atoms. The molecule has 0 aromatic rings. The zero-order chi connectivity index (χ0) is 16.0. The van der Waals surface area contributed by atoms with Crippen molar-refractivity contribution in [2.45, 2.75) is 77.5 Å². The van der Waals surface area contributed by atoms with Crippen LogP contribution in [0.1, 0.15) is 53.9 Å². The summed E-state index contributed by atoms with van der Waals surface area (Å²) in [7, 11) is 2.22. The Labute approximate surface area is 131 Å². The van der Waals surface area contributed by atoms with Gasteiger partial charge in [0.25, 0.3) is 0 Å². The molecule has 21 heavy (non-hydrogen) atoms. The van der Waals surface area contributed by atoms with Gasteiger partial charge in [0.1, 0.15) is 5.54 Å². The van der Waals surface area contributed by atoms with E-state index in [1.165, 1.54) is 19.4 Å². The summed E-state index contributed by atoms with van der Waals surface area (Å²) in [5.74, 6) is 0. The smallest absolute Gasteiger partial charge is 0.105 e. The van der Waals surface area contributed by atoms with Crippen LogP contribution in [0.3, 0.4) is 0 Å². The van der Waals surface area contributed by atoms with Crippen molar-refractivity contribution in [2.24, 2.45) is 0 Å². The predicted octanol–water partition coefficient (Wildman–Crippen LogP) is 2.46. The number of hydrogen-bond acceptors (Lipinski definition) is 4. The molecule has 1 rings (SSSR count). The molecule has 3 atom stereocenters. The third-order valence-corrected chi connectivity index (χ3v) is 4.54. The largest absolute Gasteiger partial charge is 0.305 e. The lowest BCUT2D eigenvalue weighted by molar-refractivity contribution is 0.116. The molecule has 0 aliphatic carbocycles. The lowest BCUT2D eigenvalue weighted by Gasteiger charge is -2.38. The predicted molar refractivity (Wildman–Crippen MR) is 89.3 cm³/mol. The standard InChI is InChI=1S/C17H34N4/c1-7-16-12-20(6)9-8-10-21(16)15(4)11-17(5,13-18)19-14(2)3/h14-16,19H,7-12H2,1-6H3. The Morgan fingerprint density at radius 2 is 2.00 bits per heavy atom. The normalized spacial score (nSPS) is 26.1. The van der Waals surface area contributed by atoms with Crippen molar-refractivity contribution < 1.29 is 0 Å². The van der Waals surface area contributed by atoms with Crippen LogP contribution in [0.2, 0.25) is 0 Å². The summed E-state index contributed by atoms with van der Waals surface area (Å²) in [6.07, 6.45) is 3.27. The summed E-state index contributed by atoms with van der Waals surface area (Å²) in [6.45, 7) is 14.3. The van der Waals surface area contributed by atoms with Crippen LogP contribution < -0.4 is 5.32 Å². The van der Waals surface area contributed by atoms with Gasteiger partial charge in [-0.25, -0.2) is 0 Å². The summed E-state index contributed by atoms with van der Waals surface area (Å²) in [4.78, 5) is 5.07. The number of rotatable bonds is 6. The lowest BCUT2D eigenvalue weighted by Crippen LogP contribution is -2.52. The van der Waals surface area contributed by atoms with E-state index in [9.17, 15) is 5.26 Å². The van der Waals surface area contributed by atoms with Crippen molar-refractivity contribution in [3.63, 3.8) is 0 Å². The van der Waals surface area contributed by atoms with Gasteiger partial charge < -0.3 is 4.90 Å². The minimum Gasteiger partial charge on any atom is -0.305 e. The summed E-state index contributed by atoms with van der Waals surface area (Å²) in [5, 5.41) is 13.0. The van der Waals surface area contributed by atoms with E-state index in [1.54, 1.807) is 0 Å². The fourth-order valence-electron chi connectivity index (χ4n) is 3.69. The maximum Gasteiger partial charge on any atom is 0.105 e. The maximum atomic E-state index is 9.56. The number of hydrogen-bond donors (Lipinski definition) is 1. The van der Waals surface area contributed by atoms with E-state index in [0.29, 0.717) is 18.1 Å². The first-order chi connectivity index (χ1) is 9.81. The van der Waals surface area contributed by atoms with Crippen LogP contribution in [0.15, 0.2) is 0 Å². The van der Waals surface area contributed by atoms with Crippen LogP contribution in [0, 0.1) is 11.3 Å². The van der Waals surface area contributed by atoms with Crippen molar-refractivity contribution >= 4 is 0 Å². The molecule has 1 heterocycles. The minimum atomic E-state index is -0.440. The summed E-state index contributed by atoms with van der Waals surface area (Å²) < 4.78 is 0. The van der Waals surface area contributed by atoms with E-state index >= 15 is 0 Å². The molecule has 1 aliphatic rings. The first-order valence-corrected chi connectivity index (χ1v) is 8.44. The third-order valence-electron chi connectivity index (χ3n) is 4.54. The molecule has 1 saturated heterocycles. The van der Waals surface area contributed by atoms with Gasteiger partial charge in [0, 0.05) is 24.7 Å². The Bertz CT molecular complexity index is 349. The van der Waals surface area contributed by atoms with Crippen LogP contribution in [-0.2, 0) is 0 Å². The molecule has 0 radical (unpaired) electrons. The van der Waals surface area contributed by atoms with Gasteiger partial charge in [0.2, 0.25) is 0 Å². The molecule has 0 bridgehead atoms. The summed E-state index contributed by atoms with van der Waals surface area (Å²) in [5.41, 5.74) is -0.440. The van der Waals surface area contributed by atoms with Crippen LogP contribution in [0.5, 0.6) is 0 Å². The van der Waals surface area contributed by atoms with E-state index in [1.807, 2.05) is 6.92 Å². The molecule has 1 fully saturated rings. The van der Waals surface area contributed by atoms with Crippen molar-refractivity contribution in [1.82, 2.24) is 15.1 Å². The number of likely N-dealkylation sites (N-methyl/N-ethyl adjacent to an activating group) is 1. The molecule has 4 heteroatoms. The Kier molecular flexibility index (Phi) is 7.12. The van der Waals surface area contributed by atoms with E-state index in [4.69, 9.17) is 0 Å². The molecule has 0 aromatic heterocycles. The average molecular weight is 294 g/mol. The molecular formula is C17H34N4. The van der Waals surface area contributed by atoms with Crippen molar-refractivity contribution in [1.29, 1.82) is 5.26 Å². The molecule has 4 nitrogen and oxygen atoms in total. The Balaban J connectivity index is 2.75. The fourth-order valence-corrected chi connectivity index (χ4v) is 3.69. The second-order valence-electron chi connectivity index (χ2n) is 7.21. The molecule has 3 unspecified atom stereocenters. The zero-order valence-corrected chi connectivity index (χ0v) is 14.8. The van der Waals surface area contributed by atoms with Gasteiger partial charge in [-0.3, -0.25) is 10.2 Å². The van der Waals surface area contributed by atoms with Gasteiger partial charge in [0.05, 0.1) is 6.07 Å². The van der Waals surface area contributed by atoms with Gasteiger partial charge in [-0.05, 0) is 67.1 Å². The van der Waals surface area contributed by atoms with E-state index in [2.05, 4.69) is 55.9 Å². The van der Waals surface area contributed by atoms with Gasteiger partial charge in [-0.15, -0.1) is 0 Å². The fraction of sp³-hybridized carbons (Fsp3) is 0.941. The Morgan fingerprint density at radius 3 is 2.52 bits per heavy atom. The average Bonchev–Trinajstić information content (AvgIpc) is 2.59. The van der Waals surface area contributed by atoms with Crippen molar-refractivity contribution in [2.75, 3.05) is 26.7 Å². The molecule has 0 saturated carbocycles. The second kappa shape index (κ2) is 8.12. The van der Waals surface area contributed by atoms with E-state index < -0.39 is 5.54 Å².